The monoisotopic (exact) mass is 462 g/mol. The van der Waals surface area contributed by atoms with E-state index in [2.05, 4.69) is 15.1 Å². The molecule has 4 N–H and O–H groups in total. The van der Waals surface area contributed by atoms with Crippen molar-refractivity contribution in [3.8, 4) is 17.0 Å². The van der Waals surface area contributed by atoms with Gasteiger partial charge in [0.2, 0.25) is 0 Å². The number of aromatic nitrogens is 2. The van der Waals surface area contributed by atoms with E-state index < -0.39 is 17.7 Å². The van der Waals surface area contributed by atoms with E-state index in [1.807, 2.05) is 0 Å². The number of aliphatic imine (C=N–C) groups is 1. The van der Waals surface area contributed by atoms with Crippen molar-refractivity contribution in [2.75, 3.05) is 12.3 Å². The molecule has 3 heterocycles. The minimum absolute atomic E-state index is 0.172. The van der Waals surface area contributed by atoms with Crippen molar-refractivity contribution in [3.05, 3.63) is 71.1 Å². The van der Waals surface area contributed by atoms with Gasteiger partial charge in [0, 0.05) is 35.9 Å². The van der Waals surface area contributed by atoms with Crippen LogP contribution in [0.4, 0.5) is 14.6 Å². The number of nitrogens with zero attached hydrogens (tertiary/aromatic N) is 4. The summed E-state index contributed by atoms with van der Waals surface area (Å²) in [5, 5.41) is 4.02. The minimum atomic E-state index is -0.598. The zero-order chi connectivity index (χ0) is 23.8. The van der Waals surface area contributed by atoms with Crippen LogP contribution in [0.25, 0.3) is 11.3 Å². The predicted molar refractivity (Wildman–Crippen MR) is 127 cm³/mol. The lowest BCUT2D eigenvalue weighted by Gasteiger charge is -2.22. The Bertz CT molecular complexity index is 1320. The molecule has 1 atom stereocenters. The van der Waals surface area contributed by atoms with Crippen LogP contribution in [0.3, 0.4) is 0 Å². The van der Waals surface area contributed by atoms with Crippen molar-refractivity contribution >= 4 is 17.2 Å². The van der Waals surface area contributed by atoms with Gasteiger partial charge < -0.3 is 16.3 Å². The van der Waals surface area contributed by atoms with Crippen LogP contribution in [0.2, 0.25) is 0 Å². The molecule has 3 aromatic rings. The fourth-order valence-electron chi connectivity index (χ4n) is 4.12. The molecule has 0 unspecified atom stereocenters. The predicted octanol–water partition coefficient (Wildman–Crippen LogP) is 4.21. The van der Waals surface area contributed by atoms with Gasteiger partial charge in [0.15, 0.2) is 11.6 Å². The lowest BCUT2D eigenvalue weighted by Crippen LogP contribution is -2.23. The first-order valence-electron chi connectivity index (χ1n) is 11.1. The van der Waals surface area contributed by atoms with Gasteiger partial charge >= 0.3 is 0 Å². The number of ether oxygens (including phenoxy) is 1. The molecule has 2 bridgehead atoms. The number of hydrogen-bond donors (Lipinski definition) is 2. The van der Waals surface area contributed by atoms with Crippen molar-refractivity contribution in [2.24, 2.45) is 21.9 Å². The van der Waals surface area contributed by atoms with Gasteiger partial charge in [-0.05, 0) is 61.6 Å². The first kappa shape index (κ1) is 21.9. The van der Waals surface area contributed by atoms with Crippen LogP contribution >= 0.6 is 0 Å². The zero-order valence-corrected chi connectivity index (χ0v) is 18.6. The molecular formula is C25H24F2N6O. The molecule has 0 spiro atoms. The van der Waals surface area contributed by atoms with Crippen molar-refractivity contribution < 1.29 is 13.5 Å². The lowest BCUT2D eigenvalue weighted by molar-refractivity contribution is 0.227. The summed E-state index contributed by atoms with van der Waals surface area (Å²) >= 11 is 0. The Morgan fingerprint density at radius 1 is 1.09 bits per heavy atom. The third-order valence-corrected chi connectivity index (χ3v) is 6.09. The normalized spacial score (nSPS) is 20.1. The number of pyridine rings is 2. The maximum atomic E-state index is 14.3. The molecule has 0 radical (unpaired) electrons. The van der Waals surface area contributed by atoms with Gasteiger partial charge in [-0.1, -0.05) is 0 Å². The number of hydrazone groups is 1. The van der Waals surface area contributed by atoms with E-state index in [0.29, 0.717) is 57.6 Å². The molecule has 0 saturated heterocycles. The first-order valence-corrected chi connectivity index (χ1v) is 11.1. The van der Waals surface area contributed by atoms with E-state index >= 15 is 0 Å². The number of nitrogen functional groups attached to an aromatic ring is 1. The molecule has 1 aliphatic heterocycles. The summed E-state index contributed by atoms with van der Waals surface area (Å²) in [4.78, 5) is 13.4. The smallest absolute Gasteiger partial charge is 0.166 e. The largest absolute Gasteiger partial charge is 0.482 e. The molecule has 1 aliphatic carbocycles. The summed E-state index contributed by atoms with van der Waals surface area (Å²) in [6, 6.07) is 7.46. The number of hydrogen-bond acceptors (Lipinski definition) is 7. The quantitative estimate of drug-likeness (QED) is 0.438. The second-order valence-electron chi connectivity index (χ2n) is 8.65. The number of nitrogens with two attached hydrogens (primary N) is 2. The zero-order valence-electron chi connectivity index (χ0n) is 18.6. The van der Waals surface area contributed by atoms with Crippen LogP contribution in [0.5, 0.6) is 5.75 Å². The average Bonchev–Trinajstić information content (AvgIpc) is 3.64. The summed E-state index contributed by atoms with van der Waals surface area (Å²) in [6.45, 7) is 2.41. The Hall–Kier alpha value is -3.88. The van der Waals surface area contributed by atoms with E-state index in [1.54, 1.807) is 25.3 Å². The third kappa shape index (κ3) is 4.33. The number of rotatable bonds is 2. The van der Waals surface area contributed by atoms with Gasteiger partial charge in [-0.3, -0.25) is 9.98 Å². The minimum Gasteiger partial charge on any atom is -0.482 e. The van der Waals surface area contributed by atoms with E-state index in [1.165, 1.54) is 18.2 Å². The van der Waals surface area contributed by atoms with Crippen LogP contribution in [0.1, 0.15) is 42.6 Å². The van der Waals surface area contributed by atoms with Crippen molar-refractivity contribution in [1.82, 2.24) is 9.97 Å². The summed E-state index contributed by atoms with van der Waals surface area (Å²) in [5.74, 6) is 5.96. The van der Waals surface area contributed by atoms with Crippen LogP contribution in [-0.2, 0) is 6.42 Å². The molecule has 1 saturated carbocycles. The second-order valence-corrected chi connectivity index (χ2v) is 8.65. The number of fused-ring (bicyclic) bond motifs is 5. The molecule has 9 heteroatoms. The molecule has 2 aromatic heterocycles. The molecule has 0 amide bonds. The highest BCUT2D eigenvalue weighted by molar-refractivity contribution is 6.48. The van der Waals surface area contributed by atoms with Crippen LogP contribution in [0, 0.1) is 17.6 Å². The summed E-state index contributed by atoms with van der Waals surface area (Å²) in [5.41, 5.74) is 9.93. The van der Waals surface area contributed by atoms with Gasteiger partial charge in [0.05, 0.1) is 23.3 Å². The van der Waals surface area contributed by atoms with Gasteiger partial charge in [-0.15, -0.1) is 0 Å². The van der Waals surface area contributed by atoms with Crippen molar-refractivity contribution in [3.63, 3.8) is 0 Å². The molecule has 174 valence electrons. The van der Waals surface area contributed by atoms with Gasteiger partial charge in [0.1, 0.15) is 17.7 Å². The third-order valence-electron chi connectivity index (χ3n) is 6.09. The highest BCUT2D eigenvalue weighted by atomic mass is 19.1. The number of benzene rings is 1. The number of anilines is 1. The van der Waals surface area contributed by atoms with E-state index in [9.17, 15) is 8.78 Å². The van der Waals surface area contributed by atoms with Crippen molar-refractivity contribution in [1.29, 1.82) is 0 Å². The fourth-order valence-corrected chi connectivity index (χ4v) is 4.12. The summed E-state index contributed by atoms with van der Waals surface area (Å²) in [7, 11) is 0. The highest BCUT2D eigenvalue weighted by Gasteiger charge is 2.26. The van der Waals surface area contributed by atoms with E-state index in [4.69, 9.17) is 21.3 Å². The van der Waals surface area contributed by atoms with Crippen LogP contribution < -0.4 is 16.3 Å². The molecule has 34 heavy (non-hydrogen) atoms. The fraction of sp³-hybridized carbons (Fsp3) is 0.280. The van der Waals surface area contributed by atoms with Crippen molar-refractivity contribution in [2.45, 2.75) is 32.3 Å². The second kappa shape index (κ2) is 8.81. The SMILES string of the molecule is C[C@H]1Oc2cc(cnc2N)C(=NCC2CC2)C(=NN)Cc2cc(F)cnc2-c2ccc(F)cc21. The van der Waals surface area contributed by atoms with Crippen LogP contribution in [-0.4, -0.2) is 27.9 Å². The summed E-state index contributed by atoms with van der Waals surface area (Å²) in [6.07, 6.45) is 4.56. The van der Waals surface area contributed by atoms with E-state index in [-0.39, 0.29) is 12.2 Å². The summed E-state index contributed by atoms with van der Waals surface area (Å²) < 4.78 is 34.7. The highest BCUT2D eigenvalue weighted by Crippen LogP contribution is 2.35. The molecule has 1 aromatic carbocycles. The Labute approximate surface area is 195 Å². The Balaban J connectivity index is 1.74. The standard InChI is InChI=1S/C25H24F2N6O/c1-13-20-9-17(26)4-5-19(20)23-15(6-18(27)12-31-23)7-21(33-29)24(30-10-14-2-3-14)16-8-22(34-13)25(28)32-11-16/h4-6,8-9,11-14H,2-3,7,10,29H2,1H3,(H2,28,32)/t13-/m1/s1. The Morgan fingerprint density at radius 3 is 2.68 bits per heavy atom. The Kier molecular flexibility index (Phi) is 5.69. The molecule has 2 aliphatic rings. The van der Waals surface area contributed by atoms with E-state index in [0.717, 1.165) is 19.0 Å². The topological polar surface area (TPSA) is 112 Å². The molecule has 5 rings (SSSR count). The van der Waals surface area contributed by atoms with Gasteiger partial charge in [-0.25, -0.2) is 13.8 Å². The lowest BCUT2D eigenvalue weighted by atomic mass is 9.93. The average molecular weight is 463 g/mol. The Morgan fingerprint density at radius 2 is 1.91 bits per heavy atom. The van der Waals surface area contributed by atoms with Crippen LogP contribution in [0.15, 0.2) is 52.8 Å². The molecule has 7 nitrogen and oxygen atoms in total. The maximum absolute atomic E-state index is 14.3. The molecule has 1 fully saturated rings. The maximum Gasteiger partial charge on any atom is 0.166 e. The van der Waals surface area contributed by atoms with Gasteiger partial charge in [-0.2, -0.15) is 5.10 Å². The molecular weight excluding hydrogens is 438 g/mol. The van der Waals surface area contributed by atoms with Gasteiger partial charge in [0.25, 0.3) is 0 Å². The first-order chi connectivity index (χ1) is 16.4. The number of halogens is 2.